The lowest BCUT2D eigenvalue weighted by molar-refractivity contribution is -0.138. The smallest absolute Gasteiger partial charge is 0.305 e. The van der Waals surface area contributed by atoms with E-state index in [9.17, 15) is 4.79 Å². The van der Waals surface area contributed by atoms with Crippen LogP contribution in [0.4, 0.5) is 0 Å². The molecule has 0 fully saturated rings. The highest BCUT2D eigenvalue weighted by molar-refractivity contribution is 5.66. The Morgan fingerprint density at radius 2 is 1.33 bits per heavy atom. The summed E-state index contributed by atoms with van der Waals surface area (Å²) in [5, 5.41) is 11.6. The molecule has 2 N–H and O–H groups in total. The molecule has 1 aromatic rings. The third-order valence-electron chi connectivity index (χ3n) is 3.32. The van der Waals surface area contributed by atoms with Gasteiger partial charge in [0.15, 0.2) is 0 Å². The molecule has 0 aromatic heterocycles. The van der Waals surface area contributed by atoms with Crippen LogP contribution >= 0.6 is 0 Å². The molecule has 0 heterocycles. The van der Waals surface area contributed by atoms with Crippen molar-refractivity contribution >= 4 is 5.97 Å². The van der Waals surface area contributed by atoms with E-state index in [1.54, 1.807) is 0 Å². The molecule has 0 radical (unpaired) electrons. The highest BCUT2D eigenvalue weighted by Crippen LogP contribution is 1.99. The molecular weight excluding hydrogens is 354 g/mol. The molecule has 0 saturated carbocycles. The number of nitrogens with one attached hydrogen (secondary N) is 1. The molecule has 0 aliphatic heterocycles. The first-order valence-electron chi connectivity index (χ1n) is 9.14. The maximum atomic E-state index is 10.3. The van der Waals surface area contributed by atoms with Crippen LogP contribution in [0.1, 0.15) is 12.0 Å². The maximum Gasteiger partial charge on any atom is 0.305 e. The van der Waals surface area contributed by atoms with E-state index >= 15 is 0 Å². The van der Waals surface area contributed by atoms with Crippen molar-refractivity contribution < 1.29 is 33.6 Å². The number of carboxylic acid groups (broad SMARTS) is 1. The van der Waals surface area contributed by atoms with Gasteiger partial charge >= 0.3 is 5.97 Å². The van der Waals surface area contributed by atoms with Crippen molar-refractivity contribution in [1.82, 2.24) is 5.32 Å². The predicted octanol–water partition coefficient (Wildman–Crippen LogP) is 1.29. The number of rotatable bonds is 19. The summed E-state index contributed by atoms with van der Waals surface area (Å²) in [6, 6.07) is 10.0. The lowest BCUT2D eigenvalue weighted by atomic mass is 10.2. The molecule has 0 saturated heterocycles. The minimum atomic E-state index is -0.862. The minimum Gasteiger partial charge on any atom is -0.481 e. The van der Waals surface area contributed by atoms with Gasteiger partial charge in [0, 0.05) is 6.54 Å². The topological polar surface area (TPSA) is 95.5 Å². The molecule has 8 nitrogen and oxygen atoms in total. The Labute approximate surface area is 160 Å². The molecule has 0 amide bonds. The summed E-state index contributed by atoms with van der Waals surface area (Å²) in [6.45, 7) is 5.45. The van der Waals surface area contributed by atoms with E-state index in [-0.39, 0.29) is 13.0 Å². The fourth-order valence-electron chi connectivity index (χ4n) is 1.95. The molecule has 0 aliphatic rings. The molecular formula is C19H31NO7. The number of ether oxygens (including phenoxy) is 5. The predicted molar refractivity (Wildman–Crippen MR) is 99.6 cm³/mol. The molecule has 27 heavy (non-hydrogen) atoms. The van der Waals surface area contributed by atoms with E-state index in [1.165, 1.54) is 0 Å². The van der Waals surface area contributed by atoms with Gasteiger partial charge in [0.2, 0.25) is 0 Å². The summed E-state index contributed by atoms with van der Waals surface area (Å²) in [6.07, 6.45) is 0.0132. The lowest BCUT2D eigenvalue weighted by Crippen LogP contribution is -2.23. The fraction of sp³-hybridized carbons (Fsp3) is 0.632. The normalized spacial score (nSPS) is 11.0. The van der Waals surface area contributed by atoms with Gasteiger partial charge in [-0.15, -0.1) is 0 Å². The first-order chi connectivity index (χ1) is 13.3. The molecule has 154 valence electrons. The molecule has 8 heteroatoms. The van der Waals surface area contributed by atoms with Crippen molar-refractivity contribution in [2.24, 2.45) is 0 Å². The van der Waals surface area contributed by atoms with Gasteiger partial charge in [-0.2, -0.15) is 0 Å². The average Bonchev–Trinajstić information content (AvgIpc) is 2.67. The minimum absolute atomic E-state index is 0.0132. The van der Waals surface area contributed by atoms with E-state index in [1.807, 2.05) is 30.3 Å². The zero-order chi connectivity index (χ0) is 19.4. The van der Waals surface area contributed by atoms with E-state index < -0.39 is 5.97 Å². The highest BCUT2D eigenvalue weighted by Gasteiger charge is 1.96. The van der Waals surface area contributed by atoms with Crippen LogP contribution in [0.3, 0.4) is 0 Å². The van der Waals surface area contributed by atoms with Gasteiger partial charge in [0.05, 0.1) is 72.6 Å². The van der Waals surface area contributed by atoms with E-state index in [4.69, 9.17) is 28.8 Å². The second-order valence-electron chi connectivity index (χ2n) is 5.57. The van der Waals surface area contributed by atoms with Crippen LogP contribution < -0.4 is 5.32 Å². The summed E-state index contributed by atoms with van der Waals surface area (Å²) in [4.78, 5) is 10.3. The number of hydrogen-bond donors (Lipinski definition) is 2. The molecule has 0 bridgehead atoms. The Hall–Kier alpha value is -1.55. The third kappa shape index (κ3) is 16.4. The van der Waals surface area contributed by atoms with Crippen LogP contribution in [-0.2, 0) is 35.1 Å². The molecule has 0 aliphatic carbocycles. The van der Waals surface area contributed by atoms with Gasteiger partial charge in [0.25, 0.3) is 0 Å². The molecule has 1 aromatic carbocycles. The molecule has 0 unspecified atom stereocenters. The van der Waals surface area contributed by atoms with Crippen LogP contribution in [0.5, 0.6) is 0 Å². The van der Waals surface area contributed by atoms with Gasteiger partial charge in [-0.25, -0.2) is 0 Å². The highest BCUT2D eigenvalue weighted by atomic mass is 16.6. The van der Waals surface area contributed by atoms with E-state index in [0.717, 1.165) is 12.1 Å². The summed E-state index contributed by atoms with van der Waals surface area (Å²) in [7, 11) is 0. The number of hydrogen-bond acceptors (Lipinski definition) is 7. The van der Waals surface area contributed by atoms with Crippen molar-refractivity contribution in [3.05, 3.63) is 35.9 Å². The monoisotopic (exact) mass is 385 g/mol. The lowest BCUT2D eigenvalue weighted by Gasteiger charge is -2.08. The van der Waals surface area contributed by atoms with Crippen LogP contribution in [0.25, 0.3) is 0 Å². The van der Waals surface area contributed by atoms with Gasteiger partial charge in [-0.3, -0.25) is 10.1 Å². The molecule has 0 spiro atoms. The van der Waals surface area contributed by atoms with Gasteiger partial charge in [-0.05, 0) is 5.56 Å². The van der Waals surface area contributed by atoms with Crippen LogP contribution in [0.15, 0.2) is 30.3 Å². The largest absolute Gasteiger partial charge is 0.481 e. The van der Waals surface area contributed by atoms with Crippen LogP contribution in [0.2, 0.25) is 0 Å². The number of aliphatic carboxylic acids is 1. The Balaban J connectivity index is 1.69. The van der Waals surface area contributed by atoms with Crippen molar-refractivity contribution in [2.45, 2.75) is 13.0 Å². The first kappa shape index (κ1) is 23.5. The standard InChI is InChI=1S/C19H31NO7/c21-19(22)6-8-23-10-12-25-14-15-26-13-11-24-9-7-20-17-27-16-18-4-2-1-3-5-18/h1-5,20H,6-17H2,(H,21,22). The van der Waals surface area contributed by atoms with E-state index in [0.29, 0.717) is 59.6 Å². The van der Waals surface area contributed by atoms with Gasteiger partial charge in [-0.1, -0.05) is 30.3 Å². The number of carboxylic acids is 1. The average molecular weight is 385 g/mol. The van der Waals surface area contributed by atoms with Crippen molar-refractivity contribution in [3.63, 3.8) is 0 Å². The summed E-state index contributed by atoms with van der Waals surface area (Å²) in [5.41, 5.74) is 1.15. The zero-order valence-corrected chi connectivity index (χ0v) is 15.8. The zero-order valence-electron chi connectivity index (χ0n) is 15.8. The number of benzene rings is 1. The Bertz CT molecular complexity index is 459. The van der Waals surface area contributed by atoms with Crippen molar-refractivity contribution in [3.8, 4) is 0 Å². The SMILES string of the molecule is O=C(O)CCOCCOCCOCCOCCNCOCc1ccccc1. The summed E-state index contributed by atoms with van der Waals surface area (Å²) < 4.78 is 26.7. The van der Waals surface area contributed by atoms with Gasteiger partial charge in [0.1, 0.15) is 0 Å². The second kappa shape index (κ2) is 17.8. The Morgan fingerprint density at radius 3 is 1.93 bits per heavy atom. The maximum absolute atomic E-state index is 10.3. The Kier molecular flexibility index (Phi) is 15.5. The third-order valence-corrected chi connectivity index (χ3v) is 3.32. The molecule has 0 atom stereocenters. The van der Waals surface area contributed by atoms with Crippen molar-refractivity contribution in [1.29, 1.82) is 0 Å². The fourth-order valence-corrected chi connectivity index (χ4v) is 1.95. The number of carbonyl (C=O) groups is 1. The van der Waals surface area contributed by atoms with E-state index in [2.05, 4.69) is 5.32 Å². The van der Waals surface area contributed by atoms with Crippen LogP contribution in [-0.4, -0.2) is 77.2 Å². The summed E-state index contributed by atoms with van der Waals surface area (Å²) >= 11 is 0. The first-order valence-corrected chi connectivity index (χ1v) is 9.14. The van der Waals surface area contributed by atoms with Gasteiger partial charge < -0.3 is 28.8 Å². The second-order valence-corrected chi connectivity index (χ2v) is 5.57. The molecule has 1 rings (SSSR count). The van der Waals surface area contributed by atoms with Crippen LogP contribution in [0, 0.1) is 0 Å². The van der Waals surface area contributed by atoms with Crippen molar-refractivity contribution in [2.75, 3.05) is 66.1 Å². The summed E-state index contributed by atoms with van der Waals surface area (Å²) in [5.74, 6) is -0.862. The quantitative estimate of drug-likeness (QED) is 0.272. The Morgan fingerprint density at radius 1 is 0.778 bits per heavy atom.